The fourth-order valence-corrected chi connectivity index (χ4v) is 13.4. The number of nitrogens with two attached hydrogens (primary N) is 1. The zero-order valence-electron chi connectivity index (χ0n) is 25.0. The molecule has 0 fully saturated rings. The molecule has 2 heterocycles. The number of allylic oxidation sites excluding steroid dienone is 3. The third-order valence-electron chi connectivity index (χ3n) is 9.09. The summed E-state index contributed by atoms with van der Waals surface area (Å²) < 4.78 is 4.98. The monoisotopic (exact) mass is 612 g/mol. The Balaban J connectivity index is 1.48. The van der Waals surface area contributed by atoms with E-state index >= 15 is 0 Å². The molecule has 0 radical (unpaired) electrons. The lowest BCUT2D eigenvalue weighted by molar-refractivity contribution is 1.22. The molecule has 0 aliphatic heterocycles. The van der Waals surface area contributed by atoms with Gasteiger partial charge in [0.25, 0.3) is 0 Å². The molecule has 0 spiro atoms. The summed E-state index contributed by atoms with van der Waals surface area (Å²) >= 11 is 1.88. The quantitative estimate of drug-likeness (QED) is 0.114. The zero-order valence-corrected chi connectivity index (χ0v) is 26.8. The van der Waals surface area contributed by atoms with Crippen LogP contribution in [0.15, 0.2) is 169 Å². The van der Waals surface area contributed by atoms with Crippen molar-refractivity contribution in [3.8, 4) is 0 Å². The highest BCUT2D eigenvalue weighted by Gasteiger charge is 2.44. The molecule has 8 rings (SSSR count). The number of thiophene rings is 1. The number of rotatable bonds is 6. The average molecular weight is 613 g/mol. The third kappa shape index (κ3) is 4.21. The fourth-order valence-electron chi connectivity index (χ4n) is 7.13. The molecule has 0 amide bonds. The summed E-state index contributed by atoms with van der Waals surface area (Å²) in [4.78, 5) is 0. The Labute approximate surface area is 268 Å². The predicted molar refractivity (Wildman–Crippen MR) is 199 cm³/mol. The molecule has 8 aromatic rings. The third-order valence-corrected chi connectivity index (χ3v) is 15.1. The SMILES string of the molecule is C/C=C(\C=C(/N)[Si](c1ccccc1)(c1ccccc1)c1cccc2c1sc1ccccc12)n1c2ccccc2c2ccccc21. The second kappa shape index (κ2) is 11.1. The summed E-state index contributed by atoms with van der Waals surface area (Å²) in [5.41, 5.74) is 11.1. The van der Waals surface area contributed by atoms with Crippen LogP contribution in [-0.4, -0.2) is 12.6 Å². The second-order valence-corrected chi connectivity index (χ2v) is 16.3. The number of nitrogens with zero attached hydrogens (tertiary/aromatic N) is 1. The van der Waals surface area contributed by atoms with Crippen molar-refractivity contribution >= 4 is 82.6 Å². The lowest BCUT2D eigenvalue weighted by Gasteiger charge is -2.35. The van der Waals surface area contributed by atoms with E-state index in [9.17, 15) is 0 Å². The van der Waals surface area contributed by atoms with Gasteiger partial charge in [0, 0.05) is 42.0 Å². The van der Waals surface area contributed by atoms with Crippen LogP contribution in [0.4, 0.5) is 0 Å². The lowest BCUT2D eigenvalue weighted by Crippen LogP contribution is -2.70. The van der Waals surface area contributed by atoms with Crippen LogP contribution in [0, 0.1) is 0 Å². The van der Waals surface area contributed by atoms with Crippen molar-refractivity contribution in [2.45, 2.75) is 6.92 Å². The van der Waals surface area contributed by atoms with Gasteiger partial charge >= 0.3 is 0 Å². The van der Waals surface area contributed by atoms with Crippen molar-refractivity contribution < 1.29 is 0 Å². The van der Waals surface area contributed by atoms with Crippen molar-refractivity contribution in [2.24, 2.45) is 5.73 Å². The summed E-state index contributed by atoms with van der Waals surface area (Å²) in [7, 11) is -2.99. The van der Waals surface area contributed by atoms with Crippen LogP contribution in [-0.2, 0) is 0 Å². The number of fused-ring (bicyclic) bond motifs is 6. The largest absolute Gasteiger partial charge is 0.405 e. The molecule has 0 saturated carbocycles. The topological polar surface area (TPSA) is 30.9 Å². The molecule has 0 aliphatic rings. The summed E-state index contributed by atoms with van der Waals surface area (Å²) in [5, 5.41) is 9.84. The normalized spacial score (nSPS) is 12.9. The smallest absolute Gasteiger partial charge is 0.199 e. The first kappa shape index (κ1) is 27.4. The average Bonchev–Trinajstić information content (AvgIpc) is 3.65. The van der Waals surface area contributed by atoms with Crippen LogP contribution < -0.4 is 21.3 Å². The van der Waals surface area contributed by atoms with Crippen molar-refractivity contribution in [1.29, 1.82) is 0 Å². The van der Waals surface area contributed by atoms with E-state index in [4.69, 9.17) is 5.73 Å². The summed E-state index contributed by atoms with van der Waals surface area (Å²) in [6.07, 6.45) is 4.46. The van der Waals surface area contributed by atoms with Crippen LogP contribution in [0.25, 0.3) is 47.7 Å². The number of aromatic nitrogens is 1. The summed E-state index contributed by atoms with van der Waals surface area (Å²) in [6, 6.07) is 54.8. The lowest BCUT2D eigenvalue weighted by atomic mass is 10.1. The molecule has 0 atom stereocenters. The first-order valence-electron chi connectivity index (χ1n) is 15.4. The molecule has 4 heteroatoms. The Morgan fingerprint density at radius 1 is 0.578 bits per heavy atom. The highest BCUT2D eigenvalue weighted by atomic mass is 32.1. The minimum atomic E-state index is -2.99. The molecule has 2 nitrogen and oxygen atoms in total. The van der Waals surface area contributed by atoms with Gasteiger partial charge < -0.3 is 10.3 Å². The van der Waals surface area contributed by atoms with Crippen LogP contribution >= 0.6 is 11.3 Å². The van der Waals surface area contributed by atoms with Crippen LogP contribution in [0.2, 0.25) is 0 Å². The molecule has 45 heavy (non-hydrogen) atoms. The van der Waals surface area contributed by atoms with E-state index in [1.54, 1.807) is 0 Å². The first-order chi connectivity index (χ1) is 22.2. The van der Waals surface area contributed by atoms with Crippen molar-refractivity contribution in [2.75, 3.05) is 0 Å². The zero-order chi connectivity index (χ0) is 30.4. The Morgan fingerprint density at radius 3 is 1.69 bits per heavy atom. The molecular formula is C41H32N2SSi. The maximum atomic E-state index is 7.68. The van der Waals surface area contributed by atoms with Gasteiger partial charge in [0.1, 0.15) is 0 Å². The maximum Gasteiger partial charge on any atom is 0.199 e. The number of hydrogen-bond donors (Lipinski definition) is 1. The molecule has 0 bridgehead atoms. The van der Waals surface area contributed by atoms with Gasteiger partial charge in [-0.05, 0) is 46.8 Å². The van der Waals surface area contributed by atoms with E-state index < -0.39 is 8.07 Å². The minimum Gasteiger partial charge on any atom is -0.405 e. The number of benzene rings is 6. The molecule has 2 N–H and O–H groups in total. The van der Waals surface area contributed by atoms with E-state index in [1.807, 2.05) is 11.3 Å². The summed E-state index contributed by atoms with van der Waals surface area (Å²) in [6.45, 7) is 2.11. The molecule has 216 valence electrons. The molecule has 0 saturated heterocycles. The van der Waals surface area contributed by atoms with Gasteiger partial charge in [0.2, 0.25) is 0 Å². The van der Waals surface area contributed by atoms with Gasteiger partial charge in [0.15, 0.2) is 8.07 Å². The van der Waals surface area contributed by atoms with Gasteiger partial charge in [0.05, 0.1) is 11.0 Å². The van der Waals surface area contributed by atoms with Crippen molar-refractivity contribution in [3.63, 3.8) is 0 Å². The fraction of sp³-hybridized carbons (Fsp3) is 0.0244. The first-order valence-corrected chi connectivity index (χ1v) is 18.2. The van der Waals surface area contributed by atoms with Gasteiger partial charge in [-0.1, -0.05) is 140 Å². The van der Waals surface area contributed by atoms with E-state index in [0.29, 0.717) is 0 Å². The van der Waals surface area contributed by atoms with E-state index in [1.165, 1.54) is 57.5 Å². The molecule has 6 aromatic carbocycles. The Kier molecular flexibility index (Phi) is 6.74. The van der Waals surface area contributed by atoms with Gasteiger partial charge in [-0.25, -0.2) is 0 Å². The van der Waals surface area contributed by atoms with Gasteiger partial charge in [-0.2, -0.15) is 0 Å². The molecule has 0 aliphatic carbocycles. The van der Waals surface area contributed by atoms with Crippen LogP contribution in [0.3, 0.4) is 0 Å². The number of para-hydroxylation sites is 2. The van der Waals surface area contributed by atoms with Crippen molar-refractivity contribution in [3.05, 3.63) is 169 Å². The molecule has 2 aromatic heterocycles. The van der Waals surface area contributed by atoms with E-state index in [-0.39, 0.29) is 0 Å². The van der Waals surface area contributed by atoms with Gasteiger partial charge in [-0.3, -0.25) is 0 Å². The van der Waals surface area contributed by atoms with Crippen molar-refractivity contribution in [1.82, 2.24) is 4.57 Å². The highest BCUT2D eigenvalue weighted by Crippen LogP contribution is 2.35. The molecular weight excluding hydrogens is 581 g/mol. The van der Waals surface area contributed by atoms with Gasteiger partial charge in [-0.15, -0.1) is 11.3 Å². The van der Waals surface area contributed by atoms with E-state index in [0.717, 1.165) is 11.0 Å². The van der Waals surface area contributed by atoms with Crippen LogP contribution in [0.5, 0.6) is 0 Å². The van der Waals surface area contributed by atoms with E-state index in [2.05, 4.69) is 175 Å². The number of hydrogen-bond acceptors (Lipinski definition) is 2. The minimum absolute atomic E-state index is 0.903. The summed E-state index contributed by atoms with van der Waals surface area (Å²) in [5.74, 6) is 0. The standard InChI is InChI=1S/C41H32N2SSi/c1-2-29(43-36-24-12-9-20-32(36)33-21-10-13-25-37(33)43)28-40(42)45(30-16-5-3-6-17-30,31-18-7-4-8-19-31)39-27-15-23-35-34-22-11-14-26-38(34)44-41(35)39/h2-28H,42H2,1H3/b29-2+,40-28+. The van der Waals surface area contributed by atoms with Crippen LogP contribution in [0.1, 0.15) is 6.92 Å². The molecule has 0 unspecified atom stereocenters. The Morgan fingerprint density at radius 2 is 1.09 bits per heavy atom. The maximum absolute atomic E-state index is 7.68. The second-order valence-electron chi connectivity index (χ2n) is 11.4. The highest BCUT2D eigenvalue weighted by molar-refractivity contribution is 7.29. The Bertz CT molecular complexity index is 2300. The predicted octanol–water partition coefficient (Wildman–Crippen LogP) is 8.58. The Hall–Kier alpha value is -5.16.